The Hall–Kier alpha value is -1.50. The van der Waals surface area contributed by atoms with Gasteiger partial charge in [0.15, 0.2) is 0 Å². The molecule has 7 heteroatoms. The monoisotopic (exact) mass is 338 g/mol. The number of likely N-dealkylation sites (tertiary alicyclic amines) is 1. The average molecular weight is 338 g/mol. The van der Waals surface area contributed by atoms with Crippen molar-refractivity contribution in [3.63, 3.8) is 0 Å². The number of nitrogens with one attached hydrogen (secondary N) is 1. The predicted octanol–water partition coefficient (Wildman–Crippen LogP) is 3.00. The van der Waals surface area contributed by atoms with Gasteiger partial charge in [-0.1, -0.05) is 18.3 Å². The molecule has 1 aromatic heterocycles. The standard InChI is InChI=1S/C16H26N4O2S/c1-4-6-14-18-19-16(23-14)17-13(21)9-10-15(22)20-11(2)7-5-8-12(20)3/h11-12H,4-10H2,1-3H3,(H,17,19,21)/t11-,12-/m1/s1. The Bertz CT molecular complexity index is 536. The third-order valence-electron chi connectivity index (χ3n) is 4.22. The summed E-state index contributed by atoms with van der Waals surface area (Å²) in [6, 6.07) is 0.545. The first-order valence-electron chi connectivity index (χ1n) is 8.44. The largest absolute Gasteiger partial charge is 0.337 e. The summed E-state index contributed by atoms with van der Waals surface area (Å²) in [4.78, 5) is 26.3. The van der Waals surface area contributed by atoms with Crippen molar-refractivity contribution in [1.82, 2.24) is 15.1 Å². The smallest absolute Gasteiger partial charge is 0.226 e. The Morgan fingerprint density at radius 3 is 2.57 bits per heavy atom. The van der Waals surface area contributed by atoms with Crippen LogP contribution in [0.1, 0.15) is 64.3 Å². The van der Waals surface area contributed by atoms with Crippen molar-refractivity contribution >= 4 is 28.3 Å². The molecule has 1 aromatic rings. The molecule has 2 amide bonds. The summed E-state index contributed by atoms with van der Waals surface area (Å²) in [5.41, 5.74) is 0. The van der Waals surface area contributed by atoms with Crippen molar-refractivity contribution in [2.24, 2.45) is 0 Å². The lowest BCUT2D eigenvalue weighted by Crippen LogP contribution is -2.47. The molecular formula is C16H26N4O2S. The number of carbonyl (C=O) groups excluding carboxylic acids is 2. The number of hydrogen-bond acceptors (Lipinski definition) is 5. The fraction of sp³-hybridized carbons (Fsp3) is 0.750. The fourth-order valence-corrected chi connectivity index (χ4v) is 3.92. The van der Waals surface area contributed by atoms with E-state index in [9.17, 15) is 9.59 Å². The molecule has 0 unspecified atom stereocenters. The van der Waals surface area contributed by atoms with Crippen LogP contribution >= 0.6 is 11.3 Å². The minimum absolute atomic E-state index is 0.0729. The number of hydrogen-bond donors (Lipinski definition) is 1. The van der Waals surface area contributed by atoms with E-state index in [1.54, 1.807) is 0 Å². The van der Waals surface area contributed by atoms with Crippen LogP contribution in [0, 0.1) is 0 Å². The highest BCUT2D eigenvalue weighted by atomic mass is 32.1. The van der Waals surface area contributed by atoms with Gasteiger partial charge in [-0.2, -0.15) is 0 Å². The summed E-state index contributed by atoms with van der Waals surface area (Å²) in [6.45, 7) is 6.25. The van der Waals surface area contributed by atoms with Gasteiger partial charge in [0.2, 0.25) is 16.9 Å². The molecule has 1 saturated heterocycles. The number of amides is 2. The summed E-state index contributed by atoms with van der Waals surface area (Å²) in [6.07, 6.45) is 5.59. The van der Waals surface area contributed by atoms with E-state index >= 15 is 0 Å². The van der Waals surface area contributed by atoms with Crippen LogP contribution in [0.4, 0.5) is 5.13 Å². The zero-order chi connectivity index (χ0) is 16.8. The van der Waals surface area contributed by atoms with Gasteiger partial charge in [0, 0.05) is 31.3 Å². The van der Waals surface area contributed by atoms with Crippen molar-refractivity contribution in [3.8, 4) is 0 Å². The lowest BCUT2D eigenvalue weighted by Gasteiger charge is -2.39. The van der Waals surface area contributed by atoms with E-state index in [4.69, 9.17) is 0 Å². The number of nitrogens with zero attached hydrogens (tertiary/aromatic N) is 3. The van der Waals surface area contributed by atoms with E-state index in [0.29, 0.717) is 5.13 Å². The topological polar surface area (TPSA) is 75.2 Å². The van der Waals surface area contributed by atoms with Crippen molar-refractivity contribution in [2.45, 2.75) is 77.8 Å². The Morgan fingerprint density at radius 1 is 1.22 bits per heavy atom. The van der Waals surface area contributed by atoms with Gasteiger partial charge in [0.25, 0.3) is 0 Å². The van der Waals surface area contributed by atoms with E-state index in [1.807, 2.05) is 4.90 Å². The number of anilines is 1. The van der Waals surface area contributed by atoms with E-state index in [-0.39, 0.29) is 36.7 Å². The molecule has 2 atom stereocenters. The number of rotatable bonds is 6. The molecule has 1 aliphatic rings. The Labute approximate surface area is 141 Å². The summed E-state index contributed by atoms with van der Waals surface area (Å²) >= 11 is 1.40. The molecule has 0 saturated carbocycles. The summed E-state index contributed by atoms with van der Waals surface area (Å²) in [5, 5.41) is 12.2. The molecule has 0 aromatic carbocycles. The maximum Gasteiger partial charge on any atom is 0.226 e. The highest BCUT2D eigenvalue weighted by molar-refractivity contribution is 7.15. The number of carbonyl (C=O) groups is 2. The third-order valence-corrected chi connectivity index (χ3v) is 5.12. The fourth-order valence-electron chi connectivity index (χ4n) is 3.06. The maximum atomic E-state index is 12.4. The van der Waals surface area contributed by atoms with Crippen molar-refractivity contribution in [3.05, 3.63) is 5.01 Å². The van der Waals surface area contributed by atoms with Gasteiger partial charge < -0.3 is 10.2 Å². The van der Waals surface area contributed by atoms with Crippen LogP contribution in [0.25, 0.3) is 0 Å². The third kappa shape index (κ3) is 4.99. The second-order valence-electron chi connectivity index (χ2n) is 6.23. The van der Waals surface area contributed by atoms with Crippen LogP contribution in [0.2, 0.25) is 0 Å². The first-order chi connectivity index (χ1) is 11.0. The lowest BCUT2D eigenvalue weighted by atomic mass is 9.97. The average Bonchev–Trinajstić information content (AvgIpc) is 2.92. The second-order valence-corrected chi connectivity index (χ2v) is 7.29. The number of piperidine rings is 1. The molecule has 0 spiro atoms. The predicted molar refractivity (Wildman–Crippen MR) is 91.4 cm³/mol. The molecule has 1 N–H and O–H groups in total. The van der Waals surface area contributed by atoms with Crippen molar-refractivity contribution in [1.29, 1.82) is 0 Å². The molecule has 2 heterocycles. The van der Waals surface area contributed by atoms with Gasteiger partial charge in [0.1, 0.15) is 5.01 Å². The summed E-state index contributed by atoms with van der Waals surface area (Å²) < 4.78 is 0. The zero-order valence-corrected chi connectivity index (χ0v) is 15.0. The maximum absolute atomic E-state index is 12.4. The molecule has 1 fully saturated rings. The van der Waals surface area contributed by atoms with Crippen LogP contribution in [0.15, 0.2) is 0 Å². The van der Waals surface area contributed by atoms with E-state index < -0.39 is 0 Å². The minimum atomic E-state index is -0.171. The van der Waals surface area contributed by atoms with Gasteiger partial charge in [-0.25, -0.2) is 0 Å². The zero-order valence-electron chi connectivity index (χ0n) is 14.2. The van der Waals surface area contributed by atoms with Crippen LogP contribution in [-0.4, -0.2) is 39.0 Å². The molecule has 0 aliphatic carbocycles. The molecule has 0 radical (unpaired) electrons. The molecule has 2 rings (SSSR count). The van der Waals surface area contributed by atoms with Crippen molar-refractivity contribution < 1.29 is 9.59 Å². The van der Waals surface area contributed by atoms with Crippen LogP contribution < -0.4 is 5.32 Å². The van der Waals surface area contributed by atoms with Gasteiger partial charge >= 0.3 is 0 Å². The molecule has 1 aliphatic heterocycles. The van der Waals surface area contributed by atoms with Gasteiger partial charge in [-0.05, 0) is 39.5 Å². The Balaban J connectivity index is 1.80. The molecule has 6 nitrogen and oxygen atoms in total. The van der Waals surface area contributed by atoms with E-state index in [0.717, 1.165) is 30.7 Å². The Kier molecular flexibility index (Phi) is 6.50. The van der Waals surface area contributed by atoms with Crippen LogP contribution in [-0.2, 0) is 16.0 Å². The highest BCUT2D eigenvalue weighted by Gasteiger charge is 2.28. The van der Waals surface area contributed by atoms with Crippen LogP contribution in [0.3, 0.4) is 0 Å². The Morgan fingerprint density at radius 2 is 1.91 bits per heavy atom. The highest BCUT2D eigenvalue weighted by Crippen LogP contribution is 2.23. The first kappa shape index (κ1) is 17.8. The van der Waals surface area contributed by atoms with E-state index in [1.165, 1.54) is 17.8 Å². The molecule has 128 valence electrons. The van der Waals surface area contributed by atoms with Gasteiger partial charge in [0.05, 0.1) is 0 Å². The quantitative estimate of drug-likeness (QED) is 0.865. The van der Waals surface area contributed by atoms with Gasteiger partial charge in [-0.3, -0.25) is 9.59 Å². The van der Waals surface area contributed by atoms with Gasteiger partial charge in [-0.15, -0.1) is 10.2 Å². The second kappa shape index (κ2) is 8.38. The summed E-state index contributed by atoms with van der Waals surface area (Å²) in [7, 11) is 0. The number of aromatic nitrogens is 2. The molecule has 0 bridgehead atoms. The minimum Gasteiger partial charge on any atom is -0.337 e. The van der Waals surface area contributed by atoms with Crippen LogP contribution in [0.5, 0.6) is 0 Å². The SMILES string of the molecule is CCCc1nnc(NC(=O)CCC(=O)N2[C@H](C)CCC[C@H]2C)s1. The lowest BCUT2D eigenvalue weighted by molar-refractivity contribution is -0.138. The summed E-state index contributed by atoms with van der Waals surface area (Å²) in [5.74, 6) is -0.0985. The number of aryl methyl sites for hydroxylation is 1. The molecule has 23 heavy (non-hydrogen) atoms. The first-order valence-corrected chi connectivity index (χ1v) is 9.26. The van der Waals surface area contributed by atoms with Crippen molar-refractivity contribution in [2.75, 3.05) is 5.32 Å². The normalized spacial score (nSPS) is 21.3. The van der Waals surface area contributed by atoms with E-state index in [2.05, 4.69) is 36.3 Å². The molecular weight excluding hydrogens is 312 g/mol.